The molecule has 1 atom stereocenters. The number of nitrogens with one attached hydrogen (secondary N) is 1. The van der Waals surface area contributed by atoms with Crippen LogP contribution >= 0.6 is 0 Å². The van der Waals surface area contributed by atoms with E-state index in [-0.39, 0.29) is 0 Å². The summed E-state index contributed by atoms with van der Waals surface area (Å²) in [5.41, 5.74) is 0. The SMILES string of the molecule is CCNC(CC1CCOCC1)CN(C)C. The molecule has 0 spiro atoms. The Kier molecular flexibility index (Phi) is 6.22. The molecule has 15 heavy (non-hydrogen) atoms. The van der Waals surface area contributed by atoms with Crippen molar-refractivity contribution in [3.63, 3.8) is 0 Å². The molecular weight excluding hydrogens is 188 g/mol. The van der Waals surface area contributed by atoms with Crippen molar-refractivity contribution in [3.05, 3.63) is 0 Å². The van der Waals surface area contributed by atoms with Crippen molar-refractivity contribution < 1.29 is 4.74 Å². The van der Waals surface area contributed by atoms with Crippen LogP contribution in [0.1, 0.15) is 26.2 Å². The Morgan fingerprint density at radius 2 is 2.00 bits per heavy atom. The Bertz CT molecular complexity index is 156. The van der Waals surface area contributed by atoms with Crippen molar-refractivity contribution in [3.8, 4) is 0 Å². The quantitative estimate of drug-likeness (QED) is 0.722. The summed E-state index contributed by atoms with van der Waals surface area (Å²) >= 11 is 0. The number of likely N-dealkylation sites (N-methyl/N-ethyl adjacent to an activating group) is 2. The van der Waals surface area contributed by atoms with Crippen LogP contribution in [0.2, 0.25) is 0 Å². The molecule has 0 aromatic carbocycles. The number of ether oxygens (including phenoxy) is 1. The highest BCUT2D eigenvalue weighted by Crippen LogP contribution is 2.20. The van der Waals surface area contributed by atoms with Gasteiger partial charge in [0.05, 0.1) is 0 Å². The molecule has 1 aliphatic rings. The third-order valence-corrected chi connectivity index (χ3v) is 3.04. The van der Waals surface area contributed by atoms with Gasteiger partial charge in [0.15, 0.2) is 0 Å². The Morgan fingerprint density at radius 1 is 1.33 bits per heavy atom. The Morgan fingerprint density at radius 3 is 2.53 bits per heavy atom. The first-order valence-electron chi connectivity index (χ1n) is 6.18. The van der Waals surface area contributed by atoms with Crippen molar-refractivity contribution in [1.82, 2.24) is 10.2 Å². The number of hydrogen-bond acceptors (Lipinski definition) is 3. The third-order valence-electron chi connectivity index (χ3n) is 3.04. The van der Waals surface area contributed by atoms with E-state index in [0.717, 1.165) is 32.2 Å². The van der Waals surface area contributed by atoms with Crippen molar-refractivity contribution >= 4 is 0 Å². The zero-order valence-corrected chi connectivity index (χ0v) is 10.5. The van der Waals surface area contributed by atoms with E-state index < -0.39 is 0 Å². The summed E-state index contributed by atoms with van der Waals surface area (Å²) in [5.74, 6) is 0.864. The van der Waals surface area contributed by atoms with Crippen molar-refractivity contribution in [2.24, 2.45) is 5.92 Å². The molecule has 1 fully saturated rings. The molecule has 90 valence electrons. The molecule has 0 bridgehead atoms. The lowest BCUT2D eigenvalue weighted by molar-refractivity contribution is 0.0595. The molecule has 1 aliphatic heterocycles. The van der Waals surface area contributed by atoms with E-state index in [4.69, 9.17) is 4.74 Å². The summed E-state index contributed by atoms with van der Waals surface area (Å²) in [6.45, 7) is 6.33. The van der Waals surface area contributed by atoms with Crippen LogP contribution in [-0.4, -0.2) is 51.3 Å². The average Bonchev–Trinajstić information content (AvgIpc) is 2.18. The maximum atomic E-state index is 5.39. The highest BCUT2D eigenvalue weighted by atomic mass is 16.5. The molecule has 3 heteroatoms. The normalized spacial score (nSPS) is 20.8. The molecule has 3 nitrogen and oxygen atoms in total. The Labute approximate surface area is 94.2 Å². The lowest BCUT2D eigenvalue weighted by Gasteiger charge is -2.28. The smallest absolute Gasteiger partial charge is 0.0468 e. The molecule has 1 rings (SSSR count). The average molecular weight is 214 g/mol. The van der Waals surface area contributed by atoms with Gasteiger partial charge in [-0.05, 0) is 45.8 Å². The summed E-state index contributed by atoms with van der Waals surface area (Å²) in [7, 11) is 4.29. The fraction of sp³-hybridized carbons (Fsp3) is 1.00. The molecule has 0 aromatic rings. The van der Waals surface area contributed by atoms with Crippen LogP contribution in [0.5, 0.6) is 0 Å². The second kappa shape index (κ2) is 7.20. The fourth-order valence-corrected chi connectivity index (χ4v) is 2.34. The van der Waals surface area contributed by atoms with Gasteiger partial charge >= 0.3 is 0 Å². The first-order chi connectivity index (χ1) is 7.22. The Balaban J connectivity index is 2.28. The highest BCUT2D eigenvalue weighted by Gasteiger charge is 2.18. The number of hydrogen-bond donors (Lipinski definition) is 1. The van der Waals surface area contributed by atoms with E-state index in [9.17, 15) is 0 Å². The minimum atomic E-state index is 0.646. The molecule has 0 aliphatic carbocycles. The maximum absolute atomic E-state index is 5.39. The predicted octanol–water partition coefficient (Wildman–Crippen LogP) is 1.34. The first-order valence-corrected chi connectivity index (χ1v) is 6.18. The van der Waals surface area contributed by atoms with Crippen LogP contribution in [0.3, 0.4) is 0 Å². The molecule has 1 saturated heterocycles. The van der Waals surface area contributed by atoms with E-state index in [1.54, 1.807) is 0 Å². The molecule has 0 amide bonds. The van der Waals surface area contributed by atoms with Crippen LogP contribution in [0.4, 0.5) is 0 Å². The topological polar surface area (TPSA) is 24.5 Å². The van der Waals surface area contributed by atoms with E-state index >= 15 is 0 Å². The zero-order chi connectivity index (χ0) is 11.1. The van der Waals surface area contributed by atoms with E-state index in [0.29, 0.717) is 6.04 Å². The molecule has 1 unspecified atom stereocenters. The van der Waals surface area contributed by atoms with Crippen molar-refractivity contribution in [2.45, 2.75) is 32.2 Å². The highest BCUT2D eigenvalue weighted by molar-refractivity contribution is 4.75. The van der Waals surface area contributed by atoms with Crippen LogP contribution in [0.15, 0.2) is 0 Å². The summed E-state index contributed by atoms with van der Waals surface area (Å²) in [4.78, 5) is 2.27. The molecule has 0 aromatic heterocycles. The molecular formula is C12H26N2O. The standard InChI is InChI=1S/C12H26N2O/c1-4-13-12(10-14(2)3)9-11-5-7-15-8-6-11/h11-13H,4-10H2,1-3H3. The van der Waals surface area contributed by atoms with Gasteiger partial charge in [-0.1, -0.05) is 6.92 Å². The van der Waals surface area contributed by atoms with Gasteiger partial charge in [0, 0.05) is 25.8 Å². The largest absolute Gasteiger partial charge is 0.381 e. The van der Waals surface area contributed by atoms with Crippen LogP contribution in [-0.2, 0) is 4.74 Å². The minimum Gasteiger partial charge on any atom is -0.381 e. The van der Waals surface area contributed by atoms with Crippen molar-refractivity contribution in [2.75, 3.05) is 40.4 Å². The van der Waals surface area contributed by atoms with E-state index in [2.05, 4.69) is 31.2 Å². The lowest BCUT2D eigenvalue weighted by Crippen LogP contribution is -2.40. The second-order valence-electron chi connectivity index (χ2n) is 4.81. The molecule has 0 saturated carbocycles. The fourth-order valence-electron chi connectivity index (χ4n) is 2.34. The van der Waals surface area contributed by atoms with E-state index in [1.807, 2.05) is 0 Å². The first kappa shape index (κ1) is 12.9. The van der Waals surface area contributed by atoms with Crippen LogP contribution in [0, 0.1) is 5.92 Å². The summed E-state index contributed by atoms with van der Waals surface area (Å²) in [6, 6.07) is 0.646. The summed E-state index contributed by atoms with van der Waals surface area (Å²) in [6.07, 6.45) is 3.79. The van der Waals surface area contributed by atoms with Gasteiger partial charge in [0.1, 0.15) is 0 Å². The van der Waals surface area contributed by atoms with E-state index in [1.165, 1.54) is 19.3 Å². The maximum Gasteiger partial charge on any atom is 0.0468 e. The van der Waals surface area contributed by atoms with Gasteiger partial charge in [-0.2, -0.15) is 0 Å². The summed E-state index contributed by atoms with van der Waals surface area (Å²) < 4.78 is 5.39. The number of rotatable bonds is 6. The van der Waals surface area contributed by atoms with Gasteiger partial charge < -0.3 is 15.0 Å². The second-order valence-corrected chi connectivity index (χ2v) is 4.81. The molecule has 1 N–H and O–H groups in total. The van der Waals surface area contributed by atoms with Gasteiger partial charge in [-0.15, -0.1) is 0 Å². The molecule has 1 heterocycles. The van der Waals surface area contributed by atoms with Crippen LogP contribution in [0.25, 0.3) is 0 Å². The van der Waals surface area contributed by atoms with Gasteiger partial charge in [-0.25, -0.2) is 0 Å². The van der Waals surface area contributed by atoms with Crippen LogP contribution < -0.4 is 5.32 Å². The zero-order valence-electron chi connectivity index (χ0n) is 10.5. The monoisotopic (exact) mass is 214 g/mol. The number of nitrogens with zero attached hydrogens (tertiary/aromatic N) is 1. The van der Waals surface area contributed by atoms with Gasteiger partial charge in [0.2, 0.25) is 0 Å². The third kappa shape index (κ3) is 5.50. The lowest BCUT2D eigenvalue weighted by atomic mass is 9.92. The van der Waals surface area contributed by atoms with Crippen molar-refractivity contribution in [1.29, 1.82) is 0 Å². The Hall–Kier alpha value is -0.120. The molecule has 0 radical (unpaired) electrons. The summed E-state index contributed by atoms with van der Waals surface area (Å²) in [5, 5.41) is 3.58. The minimum absolute atomic E-state index is 0.646. The van der Waals surface area contributed by atoms with Gasteiger partial charge in [0.25, 0.3) is 0 Å². The van der Waals surface area contributed by atoms with Gasteiger partial charge in [-0.3, -0.25) is 0 Å². The predicted molar refractivity (Wildman–Crippen MR) is 64.2 cm³/mol.